The molecule has 0 aliphatic carbocycles. The number of nitrogens with zero attached hydrogens (tertiary/aromatic N) is 2. The van der Waals surface area contributed by atoms with E-state index in [-0.39, 0.29) is 23.5 Å². The molecule has 1 aromatic heterocycles. The van der Waals surface area contributed by atoms with E-state index in [2.05, 4.69) is 27.2 Å². The molecular weight excluding hydrogens is 447 g/mol. The third kappa shape index (κ3) is 7.78. The van der Waals surface area contributed by atoms with E-state index in [9.17, 15) is 13.7 Å². The maximum Gasteiger partial charge on any atom is 0.260 e. The summed E-state index contributed by atoms with van der Waals surface area (Å²) in [5, 5.41) is 5.59. The quantitative estimate of drug-likeness (QED) is 0.243. The van der Waals surface area contributed by atoms with E-state index in [0.29, 0.717) is 35.9 Å². The topological polar surface area (TPSA) is 108 Å². The summed E-state index contributed by atoms with van der Waals surface area (Å²) in [5.41, 5.74) is 1.10. The number of anilines is 3. The molecule has 0 spiro atoms. The van der Waals surface area contributed by atoms with Crippen molar-refractivity contribution in [3.8, 4) is 17.4 Å². The standard InChI is InChI=1S/C23H23FN4O4S/c1-3-21(29)26-16-7-5-10-19(14-16)32-22-20(24)15-25-23(28-22)27-17-8-4-9-18(13-17)31-11-6-12-33(2)30/h3-5,7-10,13-15H,1,6,11-12H2,2H3,(H,26,29)(H,25,27,28). The number of ether oxygens (including phenoxy) is 2. The molecule has 33 heavy (non-hydrogen) atoms. The van der Waals surface area contributed by atoms with Crippen molar-refractivity contribution in [1.29, 1.82) is 0 Å². The van der Waals surface area contributed by atoms with Gasteiger partial charge in [-0.15, -0.1) is 0 Å². The van der Waals surface area contributed by atoms with Gasteiger partial charge in [0.15, 0.2) is 0 Å². The van der Waals surface area contributed by atoms with Crippen molar-refractivity contribution in [3.63, 3.8) is 0 Å². The van der Waals surface area contributed by atoms with Crippen LogP contribution in [0.15, 0.2) is 67.4 Å². The minimum Gasteiger partial charge on any atom is -0.617 e. The number of hydrogen-bond acceptors (Lipinski definition) is 7. The Kier molecular flexibility index (Phi) is 8.62. The van der Waals surface area contributed by atoms with Crippen molar-refractivity contribution < 1.29 is 23.2 Å². The van der Waals surface area contributed by atoms with Gasteiger partial charge >= 0.3 is 0 Å². The molecule has 1 atom stereocenters. The predicted octanol–water partition coefficient (Wildman–Crippen LogP) is 4.42. The molecule has 1 heterocycles. The maximum absolute atomic E-state index is 14.3. The van der Waals surface area contributed by atoms with Gasteiger partial charge in [-0.25, -0.2) is 4.98 Å². The maximum atomic E-state index is 14.3. The fourth-order valence-electron chi connectivity index (χ4n) is 2.67. The monoisotopic (exact) mass is 470 g/mol. The van der Waals surface area contributed by atoms with Crippen molar-refractivity contribution in [2.24, 2.45) is 0 Å². The highest BCUT2D eigenvalue weighted by molar-refractivity contribution is 7.90. The van der Waals surface area contributed by atoms with Crippen LogP contribution in [0, 0.1) is 5.82 Å². The molecule has 0 bridgehead atoms. The molecule has 3 rings (SSSR count). The zero-order chi connectivity index (χ0) is 23.6. The number of halogens is 1. The van der Waals surface area contributed by atoms with Gasteiger partial charge in [0, 0.05) is 29.9 Å². The lowest BCUT2D eigenvalue weighted by molar-refractivity contribution is -0.111. The van der Waals surface area contributed by atoms with E-state index in [1.54, 1.807) is 48.7 Å². The molecule has 1 unspecified atom stereocenters. The van der Waals surface area contributed by atoms with Crippen LogP contribution in [0.1, 0.15) is 6.42 Å². The average molecular weight is 471 g/mol. The van der Waals surface area contributed by atoms with Gasteiger partial charge in [-0.05, 0) is 30.3 Å². The number of hydrogen-bond donors (Lipinski definition) is 2. The summed E-state index contributed by atoms with van der Waals surface area (Å²) < 4.78 is 36.6. The molecule has 0 radical (unpaired) electrons. The summed E-state index contributed by atoms with van der Waals surface area (Å²) in [6.45, 7) is 3.84. The van der Waals surface area contributed by atoms with Crippen molar-refractivity contribution in [2.75, 3.05) is 29.2 Å². The fourth-order valence-corrected chi connectivity index (χ4v) is 3.19. The van der Waals surface area contributed by atoms with Crippen LogP contribution in [0.3, 0.4) is 0 Å². The number of amides is 1. The first kappa shape index (κ1) is 24.0. The van der Waals surface area contributed by atoms with E-state index in [1.165, 1.54) is 6.07 Å². The van der Waals surface area contributed by atoms with Gasteiger partial charge in [0.25, 0.3) is 5.88 Å². The number of nitrogens with one attached hydrogen (secondary N) is 2. The molecular formula is C23H23FN4O4S. The zero-order valence-electron chi connectivity index (χ0n) is 17.9. The SMILES string of the molecule is C=CC(=O)Nc1cccc(Oc2nc(Nc3cccc(OCCC[S+](C)[O-])c3)ncc2F)c1. The van der Waals surface area contributed by atoms with Gasteiger partial charge in [-0.2, -0.15) is 9.37 Å². The van der Waals surface area contributed by atoms with Crippen molar-refractivity contribution >= 4 is 34.4 Å². The summed E-state index contributed by atoms with van der Waals surface area (Å²) in [5.74, 6) is 0.210. The molecule has 172 valence electrons. The van der Waals surface area contributed by atoms with Crippen LogP contribution in [0.4, 0.5) is 21.7 Å². The van der Waals surface area contributed by atoms with Gasteiger partial charge in [-0.1, -0.05) is 29.9 Å². The average Bonchev–Trinajstić information content (AvgIpc) is 2.79. The Bertz CT molecular complexity index is 1110. The smallest absolute Gasteiger partial charge is 0.260 e. The van der Waals surface area contributed by atoms with Gasteiger partial charge in [0.05, 0.1) is 19.1 Å². The fraction of sp³-hybridized carbons (Fsp3) is 0.174. The number of carbonyl (C=O) groups is 1. The van der Waals surface area contributed by atoms with E-state index < -0.39 is 17.0 Å². The van der Waals surface area contributed by atoms with Gasteiger partial charge in [-0.3, -0.25) is 4.79 Å². The van der Waals surface area contributed by atoms with Gasteiger partial charge in [0.1, 0.15) is 17.3 Å². The zero-order valence-corrected chi connectivity index (χ0v) is 18.7. The summed E-state index contributed by atoms with van der Waals surface area (Å²) >= 11 is -0.852. The number of rotatable bonds is 11. The van der Waals surface area contributed by atoms with Crippen LogP contribution < -0.4 is 20.1 Å². The van der Waals surface area contributed by atoms with E-state index in [0.717, 1.165) is 12.3 Å². The second-order valence-corrected chi connectivity index (χ2v) is 8.36. The number of carbonyl (C=O) groups excluding carboxylic acids is 1. The Labute approximate surface area is 194 Å². The van der Waals surface area contributed by atoms with Gasteiger partial charge in [0.2, 0.25) is 17.7 Å². The Morgan fingerprint density at radius 2 is 1.94 bits per heavy atom. The Morgan fingerprint density at radius 1 is 1.21 bits per heavy atom. The number of aromatic nitrogens is 2. The second-order valence-electron chi connectivity index (χ2n) is 6.80. The summed E-state index contributed by atoms with van der Waals surface area (Å²) in [6.07, 6.45) is 4.48. The molecule has 0 aliphatic heterocycles. The van der Waals surface area contributed by atoms with Crippen LogP contribution >= 0.6 is 0 Å². The molecule has 3 aromatic rings. The van der Waals surface area contributed by atoms with Crippen molar-refractivity contribution in [2.45, 2.75) is 6.42 Å². The first-order valence-corrected chi connectivity index (χ1v) is 11.7. The Balaban J connectivity index is 1.67. The largest absolute Gasteiger partial charge is 0.617 e. The summed E-state index contributed by atoms with van der Waals surface area (Å²) in [6, 6.07) is 13.6. The van der Waals surface area contributed by atoms with Crippen LogP contribution in [0.25, 0.3) is 0 Å². The minimum absolute atomic E-state index is 0.126. The molecule has 10 heteroatoms. The van der Waals surface area contributed by atoms with Crippen LogP contribution in [0.5, 0.6) is 17.4 Å². The first-order chi connectivity index (χ1) is 15.9. The minimum atomic E-state index is -0.852. The van der Waals surface area contributed by atoms with E-state index in [1.807, 2.05) is 0 Å². The highest BCUT2D eigenvalue weighted by atomic mass is 32.2. The molecule has 0 fully saturated rings. The Hall–Kier alpha value is -3.63. The number of benzene rings is 2. The highest BCUT2D eigenvalue weighted by Gasteiger charge is 2.11. The molecule has 1 amide bonds. The third-order valence-corrected chi connectivity index (χ3v) is 5.01. The second kappa shape index (κ2) is 11.8. The molecule has 2 aromatic carbocycles. The molecule has 0 aliphatic rings. The lowest BCUT2D eigenvalue weighted by Crippen LogP contribution is -2.08. The van der Waals surface area contributed by atoms with Crippen LogP contribution in [0.2, 0.25) is 0 Å². The molecule has 0 saturated carbocycles. The Morgan fingerprint density at radius 3 is 2.70 bits per heavy atom. The predicted molar refractivity (Wildman–Crippen MR) is 126 cm³/mol. The lowest BCUT2D eigenvalue weighted by atomic mass is 10.3. The van der Waals surface area contributed by atoms with E-state index in [4.69, 9.17) is 9.47 Å². The molecule has 2 N–H and O–H groups in total. The normalized spacial score (nSPS) is 11.4. The van der Waals surface area contributed by atoms with Crippen molar-refractivity contribution in [3.05, 3.63) is 73.2 Å². The van der Waals surface area contributed by atoms with Crippen molar-refractivity contribution in [1.82, 2.24) is 9.97 Å². The van der Waals surface area contributed by atoms with Crippen LogP contribution in [-0.4, -0.2) is 39.0 Å². The lowest BCUT2D eigenvalue weighted by Gasteiger charge is -2.11. The molecule has 0 saturated heterocycles. The summed E-state index contributed by atoms with van der Waals surface area (Å²) in [4.78, 5) is 19.5. The summed E-state index contributed by atoms with van der Waals surface area (Å²) in [7, 11) is 0. The molecule has 8 nitrogen and oxygen atoms in total. The van der Waals surface area contributed by atoms with Crippen LogP contribution in [-0.2, 0) is 16.0 Å². The highest BCUT2D eigenvalue weighted by Crippen LogP contribution is 2.27. The third-order valence-electron chi connectivity index (χ3n) is 4.15. The van der Waals surface area contributed by atoms with Gasteiger partial charge < -0.3 is 24.7 Å². The van der Waals surface area contributed by atoms with E-state index >= 15 is 0 Å². The first-order valence-electron chi connectivity index (χ1n) is 9.97.